The zero-order chi connectivity index (χ0) is 20.8. The first-order valence-corrected chi connectivity index (χ1v) is 9.71. The maximum absolute atomic E-state index is 12.7. The molecule has 2 N–H and O–H groups in total. The van der Waals surface area contributed by atoms with Crippen molar-refractivity contribution in [3.63, 3.8) is 0 Å². The Kier molecular flexibility index (Phi) is 5.95. The lowest BCUT2D eigenvalue weighted by atomic mass is 10.1. The normalized spacial score (nSPS) is 19.8. The first-order valence-electron chi connectivity index (χ1n) is 7.82. The van der Waals surface area contributed by atoms with E-state index in [1.54, 1.807) is 12.1 Å². The first kappa shape index (κ1) is 21.3. The molecule has 1 aliphatic carbocycles. The summed E-state index contributed by atoms with van der Waals surface area (Å²) in [5, 5.41) is 12.3. The number of carboxylic acid groups (broad SMARTS) is 1. The molecule has 2 atom stereocenters. The Labute approximate surface area is 185 Å². The number of carbonyl (C=O) groups is 2. The number of methoxy groups -OCH3 is 1. The van der Waals surface area contributed by atoms with Crippen LogP contribution in [0.3, 0.4) is 0 Å². The molecule has 5 nitrogen and oxygen atoms in total. The van der Waals surface area contributed by atoms with Gasteiger partial charge in [-0.2, -0.15) is 0 Å². The van der Waals surface area contributed by atoms with Gasteiger partial charge in [-0.25, -0.2) is 4.79 Å². The second-order valence-corrected chi connectivity index (χ2v) is 8.80. The van der Waals surface area contributed by atoms with Gasteiger partial charge in [-0.15, -0.1) is 23.2 Å². The van der Waals surface area contributed by atoms with Gasteiger partial charge in [0.2, 0.25) is 5.91 Å². The second kappa shape index (κ2) is 7.81. The smallest absolute Gasteiger partial charge is 0.337 e. The number of carbonyl (C=O) groups excluding carboxylic acids is 1. The third kappa shape index (κ3) is 3.87. The van der Waals surface area contributed by atoms with Crippen LogP contribution in [0.25, 0.3) is 0 Å². The Bertz CT molecular complexity index is 955. The summed E-state index contributed by atoms with van der Waals surface area (Å²) in [6.45, 7) is 0. The highest BCUT2D eigenvalue weighted by molar-refractivity contribution is 6.53. The fourth-order valence-corrected chi connectivity index (χ4v) is 4.69. The summed E-state index contributed by atoms with van der Waals surface area (Å²) in [5.41, 5.74) is 0.708. The molecule has 0 aromatic heterocycles. The number of benzene rings is 2. The third-order valence-corrected chi connectivity index (χ3v) is 6.22. The Hall–Kier alpha value is -1.37. The molecule has 1 fully saturated rings. The van der Waals surface area contributed by atoms with E-state index in [0.29, 0.717) is 11.3 Å². The molecule has 0 radical (unpaired) electrons. The zero-order valence-electron chi connectivity index (χ0n) is 14.1. The number of nitrogens with one attached hydrogen (secondary N) is 1. The number of aromatic carboxylic acids is 1. The topological polar surface area (TPSA) is 75.6 Å². The Morgan fingerprint density at radius 2 is 1.68 bits per heavy atom. The molecule has 28 heavy (non-hydrogen) atoms. The average molecular weight is 484 g/mol. The van der Waals surface area contributed by atoms with E-state index in [4.69, 9.17) is 67.8 Å². The number of amides is 1. The number of hydrogen-bond donors (Lipinski definition) is 2. The second-order valence-electron chi connectivity index (χ2n) is 6.14. The van der Waals surface area contributed by atoms with Crippen molar-refractivity contribution in [1.82, 2.24) is 0 Å². The van der Waals surface area contributed by atoms with Gasteiger partial charge in [0.1, 0.15) is 4.33 Å². The largest absolute Gasteiger partial charge is 0.494 e. The van der Waals surface area contributed by atoms with Gasteiger partial charge in [0.25, 0.3) is 0 Å². The summed E-state index contributed by atoms with van der Waals surface area (Å²) in [7, 11) is 1.44. The lowest BCUT2D eigenvalue weighted by molar-refractivity contribution is -0.117. The predicted molar refractivity (Wildman–Crippen MR) is 111 cm³/mol. The molecule has 0 saturated heterocycles. The monoisotopic (exact) mass is 481 g/mol. The molecular weight excluding hydrogens is 471 g/mol. The van der Waals surface area contributed by atoms with Crippen molar-refractivity contribution in [2.24, 2.45) is 5.92 Å². The summed E-state index contributed by atoms with van der Waals surface area (Å²) in [6.07, 6.45) is 0. The van der Waals surface area contributed by atoms with Crippen LogP contribution in [0.2, 0.25) is 15.1 Å². The molecular formula is C18H12Cl5NO4. The highest BCUT2D eigenvalue weighted by Crippen LogP contribution is 2.65. The molecule has 2 aromatic rings. The summed E-state index contributed by atoms with van der Waals surface area (Å²) >= 11 is 30.8. The van der Waals surface area contributed by atoms with Crippen molar-refractivity contribution in [3.05, 3.63) is 56.5 Å². The number of carboxylic acids is 1. The maximum Gasteiger partial charge on any atom is 0.337 e. The maximum atomic E-state index is 12.7. The number of ether oxygens (including phenoxy) is 1. The van der Waals surface area contributed by atoms with Gasteiger partial charge in [-0.05, 0) is 35.9 Å². The fourth-order valence-electron chi connectivity index (χ4n) is 3.01. The molecule has 0 aliphatic heterocycles. The summed E-state index contributed by atoms with van der Waals surface area (Å²) in [4.78, 5) is 23.9. The first-order chi connectivity index (χ1) is 13.1. The van der Waals surface area contributed by atoms with Gasteiger partial charge in [0.05, 0.1) is 33.7 Å². The number of hydrogen-bond acceptors (Lipinski definition) is 3. The van der Waals surface area contributed by atoms with Gasteiger partial charge in [0.15, 0.2) is 5.75 Å². The van der Waals surface area contributed by atoms with Crippen molar-refractivity contribution < 1.29 is 19.4 Å². The molecule has 10 heteroatoms. The molecule has 1 aliphatic rings. The van der Waals surface area contributed by atoms with E-state index in [1.165, 1.54) is 25.3 Å². The van der Waals surface area contributed by atoms with Crippen molar-refractivity contribution in [3.8, 4) is 5.75 Å². The predicted octanol–water partition coefficient (Wildman–Crippen LogP) is 5.88. The van der Waals surface area contributed by atoms with Crippen LogP contribution in [0.1, 0.15) is 21.8 Å². The molecule has 0 spiro atoms. The summed E-state index contributed by atoms with van der Waals surface area (Å²) < 4.78 is 3.74. The number of anilines is 1. The van der Waals surface area contributed by atoms with Gasteiger partial charge in [0, 0.05) is 11.6 Å². The molecule has 2 aromatic carbocycles. The number of rotatable bonds is 5. The SMILES string of the molecule is COc1c(Cl)cc([C@H]2[C@H](C(=O)Nc3ccc(Cl)c(C(=O)O)c3)C2(Cl)Cl)cc1Cl. The quantitative estimate of drug-likeness (QED) is 0.521. The zero-order valence-corrected chi connectivity index (χ0v) is 17.9. The van der Waals surface area contributed by atoms with Crippen molar-refractivity contribution in [1.29, 1.82) is 0 Å². The molecule has 148 valence electrons. The Morgan fingerprint density at radius 3 is 2.21 bits per heavy atom. The highest BCUT2D eigenvalue weighted by atomic mass is 35.5. The van der Waals surface area contributed by atoms with E-state index in [9.17, 15) is 9.59 Å². The van der Waals surface area contributed by atoms with Crippen LogP contribution in [-0.4, -0.2) is 28.4 Å². The van der Waals surface area contributed by atoms with Crippen LogP contribution in [0.5, 0.6) is 5.75 Å². The molecule has 0 unspecified atom stereocenters. The highest BCUT2D eigenvalue weighted by Gasteiger charge is 2.67. The lowest BCUT2D eigenvalue weighted by Gasteiger charge is -2.09. The Morgan fingerprint density at radius 1 is 1.07 bits per heavy atom. The lowest BCUT2D eigenvalue weighted by Crippen LogP contribution is -2.17. The van der Waals surface area contributed by atoms with Crippen LogP contribution in [0.15, 0.2) is 30.3 Å². The van der Waals surface area contributed by atoms with E-state index in [2.05, 4.69) is 5.32 Å². The molecule has 0 heterocycles. The third-order valence-electron chi connectivity index (χ3n) is 4.38. The van der Waals surface area contributed by atoms with Gasteiger partial charge >= 0.3 is 5.97 Å². The minimum Gasteiger partial charge on any atom is -0.494 e. The van der Waals surface area contributed by atoms with Crippen LogP contribution >= 0.6 is 58.0 Å². The van der Waals surface area contributed by atoms with Crippen LogP contribution in [0, 0.1) is 5.92 Å². The minimum absolute atomic E-state index is 0.0568. The van der Waals surface area contributed by atoms with Gasteiger partial charge < -0.3 is 15.2 Å². The number of alkyl halides is 2. The van der Waals surface area contributed by atoms with E-state index >= 15 is 0 Å². The van der Waals surface area contributed by atoms with Crippen molar-refractivity contribution >= 4 is 75.6 Å². The standard InChI is InChI=1S/C18H12Cl5NO4/c1-28-15-11(20)4-7(5-12(15)21)13-14(18(13,22)23)16(25)24-8-2-3-10(19)9(6-8)17(26)27/h2-6,13-14H,1H3,(H,24,25)(H,26,27)/t13-,14+/m0/s1. The molecule has 3 rings (SSSR count). The molecule has 1 saturated carbocycles. The van der Waals surface area contributed by atoms with E-state index in [1.807, 2.05) is 0 Å². The Balaban J connectivity index is 1.84. The molecule has 1 amide bonds. The van der Waals surface area contributed by atoms with E-state index in [-0.39, 0.29) is 26.3 Å². The summed E-state index contributed by atoms with van der Waals surface area (Å²) in [5.74, 6) is -2.72. The van der Waals surface area contributed by atoms with Crippen molar-refractivity contribution in [2.45, 2.75) is 10.3 Å². The van der Waals surface area contributed by atoms with Gasteiger partial charge in [-0.1, -0.05) is 34.8 Å². The fraction of sp³-hybridized carbons (Fsp3) is 0.222. The minimum atomic E-state index is -1.37. The molecule has 0 bridgehead atoms. The van der Waals surface area contributed by atoms with Crippen LogP contribution in [-0.2, 0) is 4.79 Å². The van der Waals surface area contributed by atoms with Crippen LogP contribution < -0.4 is 10.1 Å². The summed E-state index contributed by atoms with van der Waals surface area (Å²) in [6, 6.07) is 7.30. The van der Waals surface area contributed by atoms with Gasteiger partial charge in [-0.3, -0.25) is 4.79 Å². The number of halogens is 5. The van der Waals surface area contributed by atoms with E-state index < -0.39 is 28.0 Å². The average Bonchev–Trinajstić information content (AvgIpc) is 3.18. The van der Waals surface area contributed by atoms with Crippen LogP contribution in [0.4, 0.5) is 5.69 Å². The van der Waals surface area contributed by atoms with E-state index in [0.717, 1.165) is 0 Å². The van der Waals surface area contributed by atoms with Crippen molar-refractivity contribution in [2.75, 3.05) is 12.4 Å².